The average molecular weight is 319 g/mol. The third kappa shape index (κ3) is 2.56. The molecule has 0 saturated carbocycles. The minimum atomic E-state index is -0.527. The van der Waals surface area contributed by atoms with E-state index in [1.54, 1.807) is 40.9 Å². The van der Waals surface area contributed by atoms with Crippen LogP contribution < -0.4 is 10.9 Å². The van der Waals surface area contributed by atoms with Crippen molar-refractivity contribution in [2.75, 3.05) is 5.75 Å². The predicted molar refractivity (Wildman–Crippen MR) is 82.8 cm³/mol. The highest BCUT2D eigenvalue weighted by Crippen LogP contribution is 2.47. The lowest BCUT2D eigenvalue weighted by molar-refractivity contribution is -0.138. The van der Waals surface area contributed by atoms with Gasteiger partial charge < -0.3 is 4.90 Å². The van der Waals surface area contributed by atoms with Gasteiger partial charge in [0.15, 0.2) is 0 Å². The summed E-state index contributed by atoms with van der Waals surface area (Å²) in [6.07, 6.45) is 1.24. The maximum atomic E-state index is 12.3. The van der Waals surface area contributed by atoms with Crippen LogP contribution in [-0.2, 0) is 9.59 Å². The number of rotatable bonds is 2. The average Bonchev–Trinajstić information content (AvgIpc) is 3.02. The summed E-state index contributed by atoms with van der Waals surface area (Å²) in [5.74, 6) is -0.178. The number of nitrogens with one attached hydrogen (secondary N) is 2. The lowest BCUT2D eigenvalue weighted by Gasteiger charge is -2.29. The van der Waals surface area contributed by atoms with Gasteiger partial charge in [-0.05, 0) is 25.5 Å². The summed E-state index contributed by atoms with van der Waals surface area (Å²) in [5, 5.41) is 0. The summed E-state index contributed by atoms with van der Waals surface area (Å²) < 4.78 is 0. The van der Waals surface area contributed by atoms with Crippen molar-refractivity contribution in [2.45, 2.75) is 30.7 Å². The molecule has 0 radical (unpaired) electrons. The highest BCUT2D eigenvalue weighted by Gasteiger charge is 2.52. The zero-order valence-electron chi connectivity index (χ0n) is 12.2. The molecule has 2 N–H and O–H groups in total. The highest BCUT2D eigenvalue weighted by molar-refractivity contribution is 8.01. The van der Waals surface area contributed by atoms with E-state index < -0.39 is 6.04 Å². The highest BCUT2D eigenvalue weighted by atomic mass is 32.2. The quantitative estimate of drug-likeness (QED) is 0.794. The fourth-order valence-electron chi connectivity index (χ4n) is 2.88. The maximum Gasteiger partial charge on any atom is 0.269 e. The first-order valence-corrected chi connectivity index (χ1v) is 8.11. The molecule has 2 aliphatic rings. The minimum Gasteiger partial charge on any atom is -0.315 e. The molecule has 1 aromatic rings. The van der Waals surface area contributed by atoms with Gasteiger partial charge in [0.05, 0.1) is 4.87 Å². The zero-order valence-corrected chi connectivity index (χ0v) is 13.0. The molecule has 2 fully saturated rings. The van der Waals surface area contributed by atoms with Crippen LogP contribution in [0.3, 0.4) is 0 Å². The first kappa shape index (κ1) is 14.9. The number of nitrogens with zero attached hydrogens (tertiary/aromatic N) is 1. The van der Waals surface area contributed by atoms with Gasteiger partial charge in [-0.15, -0.1) is 11.8 Å². The lowest BCUT2D eigenvalue weighted by Crippen LogP contribution is -2.54. The topological polar surface area (TPSA) is 78.5 Å². The van der Waals surface area contributed by atoms with Crippen LogP contribution in [0.2, 0.25) is 0 Å². The number of hydrazine groups is 1. The molecule has 2 saturated heterocycles. The number of carbonyl (C=O) groups is 3. The zero-order chi connectivity index (χ0) is 15.7. The summed E-state index contributed by atoms with van der Waals surface area (Å²) >= 11 is 1.62. The van der Waals surface area contributed by atoms with Crippen LogP contribution in [0.4, 0.5) is 0 Å². The molecule has 0 bridgehead atoms. The van der Waals surface area contributed by atoms with Gasteiger partial charge in [-0.3, -0.25) is 25.2 Å². The lowest BCUT2D eigenvalue weighted by atomic mass is 10.2. The molecule has 0 unspecified atom stereocenters. The number of carbonyl (C=O) groups excluding carboxylic acids is 3. The summed E-state index contributed by atoms with van der Waals surface area (Å²) in [5.41, 5.74) is 5.29. The van der Waals surface area contributed by atoms with Gasteiger partial charge in [0, 0.05) is 17.7 Å². The van der Waals surface area contributed by atoms with E-state index in [0.29, 0.717) is 17.7 Å². The van der Waals surface area contributed by atoms with Crippen LogP contribution in [-0.4, -0.2) is 39.3 Å². The Morgan fingerprint density at radius 2 is 2.00 bits per heavy atom. The summed E-state index contributed by atoms with van der Waals surface area (Å²) in [6, 6.07) is 8.10. The predicted octanol–water partition coefficient (Wildman–Crippen LogP) is 0.902. The van der Waals surface area contributed by atoms with Crippen molar-refractivity contribution >= 4 is 29.5 Å². The first-order chi connectivity index (χ1) is 10.5. The fraction of sp³-hybridized carbons (Fsp3) is 0.400. The Labute approximate surface area is 132 Å². The van der Waals surface area contributed by atoms with Crippen molar-refractivity contribution in [2.24, 2.45) is 0 Å². The number of amides is 3. The van der Waals surface area contributed by atoms with Crippen molar-refractivity contribution in [3.05, 3.63) is 35.9 Å². The van der Waals surface area contributed by atoms with Gasteiger partial charge in [-0.2, -0.15) is 0 Å². The van der Waals surface area contributed by atoms with Crippen LogP contribution in [0.1, 0.15) is 30.1 Å². The minimum absolute atomic E-state index is 0.00189. The van der Waals surface area contributed by atoms with Gasteiger partial charge in [-0.1, -0.05) is 18.2 Å². The third-order valence-corrected chi connectivity index (χ3v) is 5.59. The van der Waals surface area contributed by atoms with Crippen LogP contribution in [0, 0.1) is 0 Å². The number of hydrogen-bond acceptors (Lipinski definition) is 4. The molecule has 3 amide bonds. The number of fused-ring (bicyclic) bond motifs is 1. The molecule has 22 heavy (non-hydrogen) atoms. The molecule has 2 atom stereocenters. The molecular weight excluding hydrogens is 302 g/mol. The first-order valence-electron chi connectivity index (χ1n) is 7.13. The smallest absolute Gasteiger partial charge is 0.269 e. The molecular formula is C15H17N3O3S. The van der Waals surface area contributed by atoms with E-state index in [4.69, 9.17) is 0 Å². The molecule has 1 aromatic carbocycles. The van der Waals surface area contributed by atoms with Crippen LogP contribution in [0.5, 0.6) is 0 Å². The Balaban J connectivity index is 1.61. The van der Waals surface area contributed by atoms with Crippen molar-refractivity contribution in [1.82, 2.24) is 15.8 Å². The fourth-order valence-corrected chi connectivity index (χ4v) is 4.31. The van der Waals surface area contributed by atoms with Crippen LogP contribution in [0.25, 0.3) is 0 Å². The van der Waals surface area contributed by atoms with E-state index >= 15 is 0 Å². The SMILES string of the molecule is C[C@@]12CCC(=O)N1[C@@H](C(=O)NNC(=O)c1ccccc1)CS2. The van der Waals surface area contributed by atoms with E-state index in [1.165, 1.54) is 0 Å². The third-order valence-electron chi connectivity index (χ3n) is 4.08. The number of benzene rings is 1. The largest absolute Gasteiger partial charge is 0.315 e. The molecule has 3 rings (SSSR count). The van der Waals surface area contributed by atoms with E-state index in [2.05, 4.69) is 10.9 Å². The van der Waals surface area contributed by atoms with Crippen molar-refractivity contribution < 1.29 is 14.4 Å². The molecule has 7 heteroatoms. The molecule has 2 aliphatic heterocycles. The molecule has 6 nitrogen and oxygen atoms in total. The monoisotopic (exact) mass is 319 g/mol. The van der Waals surface area contributed by atoms with E-state index in [0.717, 1.165) is 6.42 Å². The van der Waals surface area contributed by atoms with Gasteiger partial charge in [0.2, 0.25) is 5.91 Å². The van der Waals surface area contributed by atoms with Gasteiger partial charge in [-0.25, -0.2) is 0 Å². The normalized spacial score (nSPS) is 26.7. The molecule has 2 heterocycles. The maximum absolute atomic E-state index is 12.3. The standard InChI is InChI=1S/C15H17N3O3S/c1-15-8-7-12(19)18(15)11(9-22-15)14(21)17-16-13(20)10-5-3-2-4-6-10/h2-6,11H,7-9H2,1H3,(H,16,20)(H,17,21)/t11-,15-/m1/s1. The molecule has 0 spiro atoms. The Morgan fingerprint density at radius 3 is 2.73 bits per heavy atom. The Morgan fingerprint density at radius 1 is 1.27 bits per heavy atom. The molecule has 0 aromatic heterocycles. The van der Waals surface area contributed by atoms with E-state index in [1.807, 2.05) is 13.0 Å². The van der Waals surface area contributed by atoms with Gasteiger partial charge in [0.25, 0.3) is 11.8 Å². The van der Waals surface area contributed by atoms with Crippen molar-refractivity contribution in [1.29, 1.82) is 0 Å². The summed E-state index contributed by atoms with van der Waals surface area (Å²) in [7, 11) is 0. The van der Waals surface area contributed by atoms with Gasteiger partial charge >= 0.3 is 0 Å². The van der Waals surface area contributed by atoms with Crippen molar-refractivity contribution in [3.63, 3.8) is 0 Å². The summed E-state index contributed by atoms with van der Waals surface area (Å²) in [6.45, 7) is 1.98. The second-order valence-electron chi connectivity index (χ2n) is 5.57. The van der Waals surface area contributed by atoms with E-state index in [9.17, 15) is 14.4 Å². The van der Waals surface area contributed by atoms with Gasteiger partial charge in [0.1, 0.15) is 6.04 Å². The molecule has 116 valence electrons. The second kappa shape index (κ2) is 5.64. The van der Waals surface area contributed by atoms with Crippen LogP contribution in [0.15, 0.2) is 30.3 Å². The second-order valence-corrected chi connectivity index (χ2v) is 7.08. The Bertz CT molecular complexity index is 622. The molecule has 0 aliphatic carbocycles. The summed E-state index contributed by atoms with van der Waals surface area (Å²) in [4.78, 5) is 37.5. The van der Waals surface area contributed by atoms with Crippen LogP contribution >= 0.6 is 11.8 Å². The number of hydrogen-bond donors (Lipinski definition) is 2. The van der Waals surface area contributed by atoms with E-state index in [-0.39, 0.29) is 22.6 Å². The Hall–Kier alpha value is -2.02. The van der Waals surface area contributed by atoms with Crippen molar-refractivity contribution in [3.8, 4) is 0 Å². The number of thioether (sulfide) groups is 1. The Kier molecular flexibility index (Phi) is 3.82.